The van der Waals surface area contributed by atoms with Crippen LogP contribution in [-0.2, 0) is 4.79 Å². The van der Waals surface area contributed by atoms with Crippen LogP contribution in [0.25, 0.3) is 10.9 Å². The molecule has 3 aliphatic rings. The lowest BCUT2D eigenvalue weighted by molar-refractivity contribution is -0.121. The summed E-state index contributed by atoms with van der Waals surface area (Å²) in [6, 6.07) is 8.66. The predicted molar refractivity (Wildman–Crippen MR) is 133 cm³/mol. The Labute approximate surface area is 195 Å². The molecule has 1 aliphatic heterocycles. The van der Waals surface area contributed by atoms with E-state index < -0.39 is 0 Å². The first-order valence-electron chi connectivity index (χ1n) is 11.9. The topological polar surface area (TPSA) is 82.2 Å². The number of aromatic nitrogens is 2. The summed E-state index contributed by atoms with van der Waals surface area (Å²) in [6.45, 7) is 0. The number of anilines is 2. The van der Waals surface area contributed by atoms with E-state index in [4.69, 9.17) is 9.97 Å². The molecule has 1 saturated carbocycles. The van der Waals surface area contributed by atoms with Crippen LogP contribution in [0.4, 0.5) is 11.8 Å². The van der Waals surface area contributed by atoms with Gasteiger partial charge in [-0.3, -0.25) is 4.79 Å². The number of amides is 1. The molecule has 0 bridgehead atoms. The van der Waals surface area contributed by atoms with Gasteiger partial charge < -0.3 is 20.9 Å². The normalized spacial score (nSPS) is 23.9. The first kappa shape index (κ1) is 21.5. The van der Waals surface area contributed by atoms with E-state index in [1.165, 1.54) is 11.3 Å². The third-order valence-electron chi connectivity index (χ3n) is 6.83. The smallest absolute Gasteiger partial charge is 0.225 e. The number of carbonyl (C=O) groups is 1. The fourth-order valence-corrected chi connectivity index (χ4v) is 5.07. The monoisotopic (exact) mass is 444 g/mol. The molecule has 1 fully saturated rings. The average molecular weight is 445 g/mol. The molecule has 1 amide bonds. The van der Waals surface area contributed by atoms with Crippen molar-refractivity contribution in [3.05, 3.63) is 60.0 Å². The van der Waals surface area contributed by atoms with Gasteiger partial charge in [0.1, 0.15) is 5.82 Å². The minimum Gasteiger partial charge on any atom is -0.364 e. The third-order valence-corrected chi connectivity index (χ3v) is 6.83. The van der Waals surface area contributed by atoms with Crippen molar-refractivity contribution in [1.29, 1.82) is 0 Å². The second-order valence-electron chi connectivity index (χ2n) is 9.42. The fourth-order valence-electron chi connectivity index (χ4n) is 5.07. The summed E-state index contributed by atoms with van der Waals surface area (Å²) >= 11 is 0. The first-order chi connectivity index (χ1) is 16.1. The Hall–Kier alpha value is -3.35. The van der Waals surface area contributed by atoms with E-state index >= 15 is 0 Å². The van der Waals surface area contributed by atoms with E-state index in [1.807, 2.05) is 43.4 Å². The molecule has 33 heavy (non-hydrogen) atoms. The number of rotatable bonds is 6. The highest BCUT2D eigenvalue weighted by atomic mass is 16.1. The van der Waals surface area contributed by atoms with Gasteiger partial charge in [-0.1, -0.05) is 24.3 Å². The Balaban J connectivity index is 1.14. The molecule has 2 aromatic rings. The lowest BCUT2D eigenvalue weighted by atomic mass is 9.89. The van der Waals surface area contributed by atoms with Crippen molar-refractivity contribution in [3.8, 4) is 0 Å². The van der Waals surface area contributed by atoms with Gasteiger partial charge >= 0.3 is 0 Å². The lowest BCUT2D eigenvalue weighted by Gasteiger charge is -2.30. The standard InChI is InChI=1S/C26H32N6O/c1-32(2)25-21-8-4-6-10-23(21)30-26(31-25)29-19-13-11-18(12-14-19)28-24(33)15-17-16-27-22-9-5-3-7-20(17)22/h3-6,8-10,16,18-20,27H,7,11-15H2,1-2H3,(H,28,33)(H,29,30,31). The van der Waals surface area contributed by atoms with E-state index in [-0.39, 0.29) is 11.9 Å². The molecule has 7 nitrogen and oxygen atoms in total. The maximum absolute atomic E-state index is 12.7. The molecular weight excluding hydrogens is 412 g/mol. The molecule has 2 aliphatic carbocycles. The van der Waals surface area contributed by atoms with Crippen LogP contribution in [0.5, 0.6) is 0 Å². The quantitative estimate of drug-likeness (QED) is 0.627. The Morgan fingerprint density at radius 2 is 1.91 bits per heavy atom. The number of hydrogen-bond donors (Lipinski definition) is 3. The van der Waals surface area contributed by atoms with E-state index in [0.717, 1.165) is 48.8 Å². The summed E-state index contributed by atoms with van der Waals surface area (Å²) in [6.07, 6.45) is 13.7. The molecule has 0 spiro atoms. The molecule has 2 heterocycles. The van der Waals surface area contributed by atoms with Crippen LogP contribution < -0.4 is 20.9 Å². The van der Waals surface area contributed by atoms with Crippen molar-refractivity contribution in [3.63, 3.8) is 0 Å². The summed E-state index contributed by atoms with van der Waals surface area (Å²) in [5, 5.41) is 11.2. The van der Waals surface area contributed by atoms with Gasteiger partial charge in [-0.05, 0) is 55.9 Å². The molecule has 1 aromatic heterocycles. The van der Waals surface area contributed by atoms with Crippen LogP contribution in [0.3, 0.4) is 0 Å². The number of para-hydroxylation sites is 1. The SMILES string of the molecule is CN(C)c1nc(NC2CCC(NC(=O)CC3=CNC4=CC=CCC34)CC2)nc2ccccc12. The van der Waals surface area contributed by atoms with Crippen molar-refractivity contribution in [2.45, 2.75) is 50.6 Å². The second kappa shape index (κ2) is 9.25. The van der Waals surface area contributed by atoms with Crippen molar-refractivity contribution in [2.24, 2.45) is 5.92 Å². The highest BCUT2D eigenvalue weighted by Gasteiger charge is 2.28. The lowest BCUT2D eigenvalue weighted by Crippen LogP contribution is -2.40. The molecular formula is C26H32N6O. The third kappa shape index (κ3) is 4.72. The second-order valence-corrected chi connectivity index (χ2v) is 9.42. The van der Waals surface area contributed by atoms with E-state index in [0.29, 0.717) is 24.3 Å². The van der Waals surface area contributed by atoms with Gasteiger partial charge in [0.25, 0.3) is 0 Å². The maximum atomic E-state index is 12.7. The molecule has 0 saturated heterocycles. The highest BCUT2D eigenvalue weighted by Crippen LogP contribution is 2.32. The molecule has 5 rings (SSSR count). The van der Waals surface area contributed by atoms with Gasteiger partial charge in [-0.2, -0.15) is 4.98 Å². The van der Waals surface area contributed by atoms with Crippen LogP contribution >= 0.6 is 0 Å². The first-order valence-corrected chi connectivity index (χ1v) is 11.9. The fraction of sp³-hybridized carbons (Fsp3) is 0.423. The van der Waals surface area contributed by atoms with Crippen molar-refractivity contribution >= 4 is 28.6 Å². The van der Waals surface area contributed by atoms with Crippen LogP contribution in [0.15, 0.2) is 60.0 Å². The van der Waals surface area contributed by atoms with Crippen molar-refractivity contribution in [1.82, 2.24) is 20.6 Å². The number of carbonyl (C=O) groups excluding carboxylic acids is 1. The summed E-state index contributed by atoms with van der Waals surface area (Å²) in [5.41, 5.74) is 3.34. The summed E-state index contributed by atoms with van der Waals surface area (Å²) in [5.74, 6) is 2.07. The van der Waals surface area contributed by atoms with Crippen molar-refractivity contribution < 1.29 is 4.79 Å². The number of nitrogens with one attached hydrogen (secondary N) is 3. The number of fused-ring (bicyclic) bond motifs is 2. The zero-order valence-electron chi connectivity index (χ0n) is 19.3. The Kier molecular flexibility index (Phi) is 6.03. The number of nitrogens with zero attached hydrogens (tertiary/aromatic N) is 3. The molecule has 172 valence electrons. The summed E-state index contributed by atoms with van der Waals surface area (Å²) in [4.78, 5) is 24.2. The van der Waals surface area contributed by atoms with Gasteiger partial charge in [0.2, 0.25) is 11.9 Å². The molecule has 7 heteroatoms. The molecule has 1 atom stereocenters. The van der Waals surface area contributed by atoms with Crippen LogP contribution in [-0.4, -0.2) is 42.1 Å². The predicted octanol–water partition coefficient (Wildman–Crippen LogP) is 3.87. The number of hydrogen-bond acceptors (Lipinski definition) is 6. The number of benzene rings is 1. The summed E-state index contributed by atoms with van der Waals surface area (Å²) in [7, 11) is 4.01. The van der Waals surface area contributed by atoms with Gasteiger partial charge in [0, 0.05) is 55.8 Å². The molecule has 0 radical (unpaired) electrons. The zero-order valence-corrected chi connectivity index (χ0v) is 19.3. The van der Waals surface area contributed by atoms with Gasteiger partial charge in [-0.15, -0.1) is 0 Å². The van der Waals surface area contributed by atoms with Crippen LogP contribution in [0.1, 0.15) is 38.5 Å². The van der Waals surface area contributed by atoms with Crippen LogP contribution in [0.2, 0.25) is 0 Å². The van der Waals surface area contributed by atoms with Crippen LogP contribution in [0, 0.1) is 5.92 Å². The zero-order chi connectivity index (χ0) is 22.8. The molecule has 3 N–H and O–H groups in total. The number of allylic oxidation sites excluding steroid dienone is 4. The highest BCUT2D eigenvalue weighted by molar-refractivity contribution is 5.90. The Morgan fingerprint density at radius 1 is 1.12 bits per heavy atom. The maximum Gasteiger partial charge on any atom is 0.225 e. The van der Waals surface area contributed by atoms with Gasteiger partial charge in [-0.25, -0.2) is 4.98 Å². The molecule has 1 aromatic carbocycles. The van der Waals surface area contributed by atoms with Gasteiger partial charge in [0.05, 0.1) is 5.52 Å². The minimum absolute atomic E-state index is 0.128. The minimum atomic E-state index is 0.128. The van der Waals surface area contributed by atoms with E-state index in [1.54, 1.807) is 0 Å². The summed E-state index contributed by atoms with van der Waals surface area (Å²) < 4.78 is 0. The van der Waals surface area contributed by atoms with Crippen molar-refractivity contribution in [2.75, 3.05) is 24.3 Å². The average Bonchev–Trinajstić information content (AvgIpc) is 3.22. The van der Waals surface area contributed by atoms with Gasteiger partial charge in [0.15, 0.2) is 0 Å². The van der Waals surface area contributed by atoms with E-state index in [2.05, 4.69) is 40.2 Å². The largest absolute Gasteiger partial charge is 0.364 e. The Morgan fingerprint density at radius 3 is 2.73 bits per heavy atom. The van der Waals surface area contributed by atoms with E-state index in [9.17, 15) is 4.79 Å². The molecule has 1 unspecified atom stereocenters. The Bertz CT molecular complexity index is 1130.